The Kier molecular flexibility index (Phi) is 2.56. The Morgan fingerprint density at radius 2 is 2.38 bits per heavy atom. The van der Waals surface area contributed by atoms with Gasteiger partial charge in [-0.25, -0.2) is 0 Å². The Morgan fingerprint density at radius 3 is 3.19 bits per heavy atom. The molecule has 2 heterocycles. The van der Waals surface area contributed by atoms with Crippen molar-refractivity contribution in [3.05, 3.63) is 23.6 Å². The van der Waals surface area contributed by atoms with Gasteiger partial charge in [-0.1, -0.05) is 11.2 Å². The number of hydrogen-bond acceptors (Lipinski definition) is 3. The van der Waals surface area contributed by atoms with Crippen molar-refractivity contribution >= 4 is 5.57 Å². The highest BCUT2D eigenvalue weighted by Gasteiger charge is 2.29. The fraction of sp³-hybridized carbons (Fsp3) is 0.615. The molecule has 0 bridgehead atoms. The molecule has 1 aliphatic carbocycles. The summed E-state index contributed by atoms with van der Waals surface area (Å²) in [5.41, 5.74) is 2.32. The molecule has 3 nitrogen and oxygen atoms in total. The van der Waals surface area contributed by atoms with Crippen LogP contribution in [0.2, 0.25) is 0 Å². The highest BCUT2D eigenvalue weighted by Crippen LogP contribution is 2.37. The van der Waals surface area contributed by atoms with Crippen molar-refractivity contribution in [3.63, 3.8) is 0 Å². The van der Waals surface area contributed by atoms with Gasteiger partial charge in [0.2, 0.25) is 0 Å². The first-order chi connectivity index (χ1) is 7.83. The molecule has 0 spiro atoms. The molecular formula is C13H18N2O. The van der Waals surface area contributed by atoms with Crippen LogP contribution < -0.4 is 5.32 Å². The minimum Gasteiger partial charge on any atom is -0.356 e. The Labute approximate surface area is 95.9 Å². The van der Waals surface area contributed by atoms with E-state index in [9.17, 15) is 0 Å². The number of piperidine rings is 1. The van der Waals surface area contributed by atoms with Crippen LogP contribution in [0.25, 0.3) is 5.57 Å². The van der Waals surface area contributed by atoms with E-state index in [0.717, 1.165) is 36.3 Å². The predicted octanol–water partition coefficient (Wildman–Crippen LogP) is 2.39. The zero-order chi connectivity index (χ0) is 11.0. The van der Waals surface area contributed by atoms with Gasteiger partial charge in [-0.15, -0.1) is 0 Å². The molecule has 1 aromatic heterocycles. The average molecular weight is 218 g/mol. The minimum atomic E-state index is 0.791. The number of aromatic nitrogens is 1. The summed E-state index contributed by atoms with van der Waals surface area (Å²) in [7, 11) is 0. The van der Waals surface area contributed by atoms with Crippen molar-refractivity contribution in [2.24, 2.45) is 11.8 Å². The molecule has 2 atom stereocenters. The van der Waals surface area contributed by atoms with Gasteiger partial charge in [0.05, 0.1) is 5.69 Å². The van der Waals surface area contributed by atoms with Gasteiger partial charge in [-0.2, -0.15) is 0 Å². The maximum absolute atomic E-state index is 5.34. The van der Waals surface area contributed by atoms with Crippen LogP contribution in [0.1, 0.15) is 30.7 Å². The topological polar surface area (TPSA) is 38.1 Å². The third-order valence-electron chi connectivity index (χ3n) is 3.86. The van der Waals surface area contributed by atoms with E-state index in [1.165, 1.54) is 25.0 Å². The molecule has 2 aliphatic rings. The Hall–Kier alpha value is -1.09. The first-order valence-electron chi connectivity index (χ1n) is 6.16. The van der Waals surface area contributed by atoms with Gasteiger partial charge >= 0.3 is 0 Å². The monoisotopic (exact) mass is 218 g/mol. The Bertz CT molecular complexity index is 408. The Morgan fingerprint density at radius 1 is 1.44 bits per heavy atom. The molecule has 3 heteroatoms. The minimum absolute atomic E-state index is 0.791. The third kappa shape index (κ3) is 1.80. The predicted molar refractivity (Wildman–Crippen MR) is 62.9 cm³/mol. The van der Waals surface area contributed by atoms with E-state index >= 15 is 0 Å². The van der Waals surface area contributed by atoms with Gasteiger partial charge in [0.25, 0.3) is 0 Å². The van der Waals surface area contributed by atoms with Crippen molar-refractivity contribution < 1.29 is 4.52 Å². The Balaban J connectivity index is 1.80. The first-order valence-corrected chi connectivity index (χ1v) is 6.16. The van der Waals surface area contributed by atoms with Gasteiger partial charge in [-0.05, 0) is 56.7 Å². The van der Waals surface area contributed by atoms with Crippen molar-refractivity contribution in [1.29, 1.82) is 0 Å². The second-order valence-electron chi connectivity index (χ2n) is 5.01. The molecule has 0 radical (unpaired) electrons. The summed E-state index contributed by atoms with van der Waals surface area (Å²) in [5.74, 6) is 2.65. The molecule has 1 N–H and O–H groups in total. The molecule has 16 heavy (non-hydrogen) atoms. The molecule has 86 valence electrons. The van der Waals surface area contributed by atoms with E-state index in [1.807, 2.05) is 13.0 Å². The van der Waals surface area contributed by atoms with E-state index in [1.54, 1.807) is 0 Å². The molecule has 0 amide bonds. The summed E-state index contributed by atoms with van der Waals surface area (Å²) in [4.78, 5) is 0. The summed E-state index contributed by atoms with van der Waals surface area (Å²) in [6.45, 7) is 4.32. The lowest BCUT2D eigenvalue weighted by atomic mass is 9.75. The number of fused-ring (bicyclic) bond motifs is 1. The number of nitrogens with one attached hydrogen (secondary N) is 1. The van der Waals surface area contributed by atoms with Gasteiger partial charge in [0, 0.05) is 6.07 Å². The zero-order valence-electron chi connectivity index (χ0n) is 9.70. The van der Waals surface area contributed by atoms with Crippen LogP contribution in [0.4, 0.5) is 0 Å². The molecule has 0 aromatic carbocycles. The second-order valence-corrected chi connectivity index (χ2v) is 5.01. The maximum atomic E-state index is 5.34. The summed E-state index contributed by atoms with van der Waals surface area (Å²) in [6.07, 6.45) is 6.03. The summed E-state index contributed by atoms with van der Waals surface area (Å²) in [6, 6.07) is 2.04. The molecule has 1 fully saturated rings. The van der Waals surface area contributed by atoms with E-state index in [2.05, 4.69) is 16.5 Å². The standard InChI is InChI=1S/C13H18N2O/c1-9-6-13(16-15-9)11-3-2-10-4-5-14-8-12(10)7-11/h3,6,10,12,14H,2,4-5,7-8H2,1H3/t10-,12+/m1/s1. The van der Waals surface area contributed by atoms with Gasteiger partial charge in [0.15, 0.2) is 5.76 Å². The summed E-state index contributed by atoms with van der Waals surface area (Å²) in [5, 5.41) is 7.45. The quantitative estimate of drug-likeness (QED) is 0.786. The molecule has 3 rings (SSSR count). The molecule has 0 unspecified atom stereocenters. The van der Waals surface area contributed by atoms with Crippen LogP contribution in [0, 0.1) is 18.8 Å². The van der Waals surface area contributed by atoms with E-state index in [0.29, 0.717) is 0 Å². The first kappa shape index (κ1) is 10.1. The number of aryl methyl sites for hydroxylation is 1. The lowest BCUT2D eigenvalue weighted by molar-refractivity contribution is 0.250. The zero-order valence-corrected chi connectivity index (χ0v) is 9.70. The van der Waals surface area contributed by atoms with Crippen LogP contribution >= 0.6 is 0 Å². The van der Waals surface area contributed by atoms with Crippen molar-refractivity contribution in [3.8, 4) is 0 Å². The lowest BCUT2D eigenvalue weighted by Gasteiger charge is -2.35. The molecule has 1 saturated heterocycles. The number of allylic oxidation sites excluding steroid dienone is 2. The average Bonchev–Trinajstić information content (AvgIpc) is 2.75. The number of hydrogen-bond donors (Lipinski definition) is 1. The van der Waals surface area contributed by atoms with Crippen molar-refractivity contribution in [1.82, 2.24) is 10.5 Å². The van der Waals surface area contributed by atoms with E-state index in [-0.39, 0.29) is 0 Å². The van der Waals surface area contributed by atoms with Crippen LogP contribution in [0.3, 0.4) is 0 Å². The highest BCUT2D eigenvalue weighted by molar-refractivity contribution is 5.62. The van der Waals surface area contributed by atoms with Crippen LogP contribution in [0.5, 0.6) is 0 Å². The van der Waals surface area contributed by atoms with Crippen LogP contribution in [-0.4, -0.2) is 18.2 Å². The third-order valence-corrected chi connectivity index (χ3v) is 3.86. The highest BCUT2D eigenvalue weighted by atomic mass is 16.5. The van der Waals surface area contributed by atoms with Gasteiger partial charge in [-0.3, -0.25) is 0 Å². The maximum Gasteiger partial charge on any atom is 0.162 e. The van der Waals surface area contributed by atoms with Crippen LogP contribution in [0.15, 0.2) is 16.7 Å². The molecule has 1 aliphatic heterocycles. The SMILES string of the molecule is Cc1cc(C2=CC[C@@H]3CCNC[C@@H]3C2)on1. The second kappa shape index (κ2) is 4.06. The number of nitrogens with zero attached hydrogens (tertiary/aromatic N) is 1. The van der Waals surface area contributed by atoms with Crippen molar-refractivity contribution in [2.45, 2.75) is 26.2 Å². The molecule has 1 aromatic rings. The molecule has 0 saturated carbocycles. The smallest absolute Gasteiger partial charge is 0.162 e. The van der Waals surface area contributed by atoms with Gasteiger partial charge in [0.1, 0.15) is 0 Å². The molecular weight excluding hydrogens is 200 g/mol. The summed E-state index contributed by atoms with van der Waals surface area (Å²) >= 11 is 0. The van der Waals surface area contributed by atoms with Crippen molar-refractivity contribution in [2.75, 3.05) is 13.1 Å². The largest absolute Gasteiger partial charge is 0.356 e. The normalized spacial score (nSPS) is 29.7. The lowest BCUT2D eigenvalue weighted by Crippen LogP contribution is -2.37. The van der Waals surface area contributed by atoms with E-state index in [4.69, 9.17) is 4.52 Å². The van der Waals surface area contributed by atoms with Gasteiger partial charge < -0.3 is 9.84 Å². The number of rotatable bonds is 1. The fourth-order valence-electron chi connectivity index (χ4n) is 2.90. The van der Waals surface area contributed by atoms with Crippen LogP contribution in [-0.2, 0) is 0 Å². The summed E-state index contributed by atoms with van der Waals surface area (Å²) < 4.78 is 5.34. The fourth-order valence-corrected chi connectivity index (χ4v) is 2.90. The van der Waals surface area contributed by atoms with E-state index < -0.39 is 0 Å².